The minimum atomic E-state index is -0.158. The second-order valence-corrected chi connectivity index (χ2v) is 5.36. The Balaban J connectivity index is 1.96. The Bertz CT molecular complexity index is 630. The maximum absolute atomic E-state index is 12.1. The molecule has 2 aromatic rings. The molecular formula is C17H22N2O3. The van der Waals surface area contributed by atoms with Crippen LogP contribution in [0, 0.1) is 20.8 Å². The van der Waals surface area contributed by atoms with Gasteiger partial charge in [0.05, 0.1) is 18.2 Å². The summed E-state index contributed by atoms with van der Waals surface area (Å²) in [6.45, 7) is 6.12. The summed E-state index contributed by atoms with van der Waals surface area (Å²) in [5.74, 6) is 0.625. The normalized spacial score (nSPS) is 12.2. The van der Waals surface area contributed by atoms with E-state index < -0.39 is 0 Å². The van der Waals surface area contributed by atoms with Crippen LogP contribution in [0.2, 0.25) is 0 Å². The Kier molecular flexibility index (Phi) is 5.33. The van der Waals surface area contributed by atoms with Gasteiger partial charge in [0.1, 0.15) is 5.76 Å². The lowest BCUT2D eigenvalue weighted by Gasteiger charge is -2.18. The molecule has 5 nitrogen and oxygen atoms in total. The lowest BCUT2D eigenvalue weighted by molar-refractivity contribution is -0.121. The van der Waals surface area contributed by atoms with E-state index >= 15 is 0 Å². The van der Waals surface area contributed by atoms with E-state index in [2.05, 4.69) is 10.5 Å². The van der Waals surface area contributed by atoms with Gasteiger partial charge in [-0.1, -0.05) is 29.4 Å². The van der Waals surface area contributed by atoms with Gasteiger partial charge in [-0.3, -0.25) is 4.79 Å². The first-order chi connectivity index (χ1) is 10.5. The van der Waals surface area contributed by atoms with Gasteiger partial charge in [0, 0.05) is 19.2 Å². The number of hydrogen-bond donors (Lipinski definition) is 1. The van der Waals surface area contributed by atoms with Gasteiger partial charge in [0.2, 0.25) is 5.91 Å². The molecule has 0 saturated carbocycles. The highest BCUT2D eigenvalue weighted by Gasteiger charge is 2.16. The topological polar surface area (TPSA) is 64.4 Å². The van der Waals surface area contributed by atoms with Crippen LogP contribution in [-0.2, 0) is 16.0 Å². The molecule has 0 aliphatic rings. The molecule has 1 unspecified atom stereocenters. The lowest BCUT2D eigenvalue weighted by atomic mass is 10.0. The predicted molar refractivity (Wildman–Crippen MR) is 83.6 cm³/mol. The number of amides is 1. The number of nitrogens with one attached hydrogen (secondary N) is 1. The van der Waals surface area contributed by atoms with E-state index in [-0.39, 0.29) is 18.4 Å². The smallest absolute Gasteiger partial charge is 0.224 e. The molecule has 0 fully saturated rings. The van der Waals surface area contributed by atoms with Crippen LogP contribution < -0.4 is 5.32 Å². The molecule has 1 aromatic heterocycles. The number of aromatic nitrogens is 1. The van der Waals surface area contributed by atoms with E-state index in [1.54, 1.807) is 7.11 Å². The number of aryl methyl sites for hydroxylation is 3. The van der Waals surface area contributed by atoms with Crippen molar-refractivity contribution in [2.75, 3.05) is 13.7 Å². The summed E-state index contributed by atoms with van der Waals surface area (Å²) in [6.07, 6.45) is 0.112. The number of carbonyl (C=O) groups excluding carboxylic acids is 1. The van der Waals surface area contributed by atoms with Crippen LogP contribution in [0.4, 0.5) is 0 Å². The molecule has 5 heteroatoms. The summed E-state index contributed by atoms with van der Waals surface area (Å²) >= 11 is 0. The monoisotopic (exact) mass is 302 g/mol. The van der Waals surface area contributed by atoms with Crippen molar-refractivity contribution in [1.29, 1.82) is 0 Å². The van der Waals surface area contributed by atoms with Crippen LogP contribution in [0.25, 0.3) is 0 Å². The van der Waals surface area contributed by atoms with Crippen molar-refractivity contribution < 1.29 is 14.1 Å². The van der Waals surface area contributed by atoms with Crippen molar-refractivity contribution in [1.82, 2.24) is 10.5 Å². The fourth-order valence-electron chi connectivity index (χ4n) is 2.45. The molecule has 1 amide bonds. The van der Waals surface area contributed by atoms with Gasteiger partial charge >= 0.3 is 0 Å². The standard InChI is InChI=1S/C17H22N2O3/c1-11-7-5-6-8-14(11)16(21-4)10-18-17(20)9-15-12(2)19-22-13(15)3/h5-8,16H,9-10H2,1-4H3,(H,18,20). The Morgan fingerprint density at radius 3 is 2.64 bits per heavy atom. The van der Waals surface area contributed by atoms with E-state index in [0.717, 1.165) is 22.4 Å². The van der Waals surface area contributed by atoms with Crippen LogP contribution in [0.5, 0.6) is 0 Å². The van der Waals surface area contributed by atoms with Gasteiger partial charge in [0.15, 0.2) is 0 Å². The highest BCUT2D eigenvalue weighted by molar-refractivity contribution is 5.79. The molecule has 0 spiro atoms. The minimum Gasteiger partial charge on any atom is -0.375 e. The Labute approximate surface area is 130 Å². The zero-order valence-corrected chi connectivity index (χ0v) is 13.5. The van der Waals surface area contributed by atoms with E-state index in [1.807, 2.05) is 45.0 Å². The minimum absolute atomic E-state index is 0.0648. The SMILES string of the molecule is COC(CNC(=O)Cc1c(C)noc1C)c1ccccc1C. The highest BCUT2D eigenvalue weighted by atomic mass is 16.5. The number of hydrogen-bond acceptors (Lipinski definition) is 4. The number of nitrogens with zero attached hydrogens (tertiary/aromatic N) is 1. The van der Waals surface area contributed by atoms with E-state index in [0.29, 0.717) is 12.3 Å². The quantitative estimate of drug-likeness (QED) is 0.891. The number of rotatable bonds is 6. The maximum Gasteiger partial charge on any atom is 0.224 e. The molecular weight excluding hydrogens is 280 g/mol. The van der Waals surface area contributed by atoms with Crippen molar-refractivity contribution in [3.63, 3.8) is 0 Å². The number of ether oxygens (including phenoxy) is 1. The number of benzene rings is 1. The third kappa shape index (κ3) is 3.74. The molecule has 0 aliphatic heterocycles. The van der Waals surface area contributed by atoms with Crippen molar-refractivity contribution in [2.45, 2.75) is 33.3 Å². The second kappa shape index (κ2) is 7.22. The number of carbonyl (C=O) groups is 1. The molecule has 0 bridgehead atoms. The summed E-state index contributed by atoms with van der Waals surface area (Å²) in [6, 6.07) is 8.01. The largest absolute Gasteiger partial charge is 0.375 e. The van der Waals surface area contributed by atoms with Crippen LogP contribution in [0.1, 0.15) is 34.2 Å². The second-order valence-electron chi connectivity index (χ2n) is 5.36. The predicted octanol–water partition coefficient (Wildman–Crippen LogP) is 2.65. The number of methoxy groups -OCH3 is 1. The molecule has 1 heterocycles. The molecule has 0 saturated heterocycles. The molecule has 118 valence electrons. The van der Waals surface area contributed by atoms with Gasteiger partial charge in [-0.2, -0.15) is 0 Å². The van der Waals surface area contributed by atoms with Crippen molar-refractivity contribution in [3.05, 3.63) is 52.4 Å². The highest BCUT2D eigenvalue weighted by Crippen LogP contribution is 2.19. The summed E-state index contributed by atoms with van der Waals surface area (Å²) in [4.78, 5) is 12.1. The van der Waals surface area contributed by atoms with Crippen LogP contribution in [-0.4, -0.2) is 24.7 Å². The van der Waals surface area contributed by atoms with Gasteiger partial charge < -0.3 is 14.6 Å². The van der Waals surface area contributed by atoms with E-state index in [1.165, 1.54) is 0 Å². The van der Waals surface area contributed by atoms with Gasteiger partial charge in [-0.25, -0.2) is 0 Å². The van der Waals surface area contributed by atoms with Crippen LogP contribution in [0.3, 0.4) is 0 Å². The van der Waals surface area contributed by atoms with Crippen LogP contribution >= 0.6 is 0 Å². The Morgan fingerprint density at radius 2 is 2.05 bits per heavy atom. The maximum atomic E-state index is 12.1. The van der Waals surface area contributed by atoms with Crippen molar-refractivity contribution in [2.24, 2.45) is 0 Å². The zero-order chi connectivity index (χ0) is 16.1. The van der Waals surface area contributed by atoms with E-state index in [4.69, 9.17) is 9.26 Å². The molecule has 1 atom stereocenters. The third-order valence-electron chi connectivity index (χ3n) is 3.82. The lowest BCUT2D eigenvalue weighted by Crippen LogP contribution is -2.30. The fourth-order valence-corrected chi connectivity index (χ4v) is 2.45. The first-order valence-corrected chi connectivity index (χ1v) is 7.29. The summed E-state index contributed by atoms with van der Waals surface area (Å²) in [5, 5.41) is 6.78. The van der Waals surface area contributed by atoms with E-state index in [9.17, 15) is 4.79 Å². The Hall–Kier alpha value is -2.14. The first kappa shape index (κ1) is 16.2. The first-order valence-electron chi connectivity index (χ1n) is 7.29. The molecule has 0 radical (unpaired) electrons. The average Bonchev–Trinajstić information content (AvgIpc) is 2.81. The fraction of sp³-hybridized carbons (Fsp3) is 0.412. The summed E-state index contributed by atoms with van der Waals surface area (Å²) in [5.41, 5.74) is 3.84. The van der Waals surface area contributed by atoms with Gasteiger partial charge in [-0.15, -0.1) is 0 Å². The molecule has 0 aliphatic carbocycles. The van der Waals surface area contributed by atoms with Crippen molar-refractivity contribution in [3.8, 4) is 0 Å². The summed E-state index contributed by atoms with van der Waals surface area (Å²) < 4.78 is 10.6. The van der Waals surface area contributed by atoms with Crippen LogP contribution in [0.15, 0.2) is 28.8 Å². The van der Waals surface area contributed by atoms with Gasteiger partial charge in [0.25, 0.3) is 0 Å². The van der Waals surface area contributed by atoms with Gasteiger partial charge in [-0.05, 0) is 31.9 Å². The molecule has 2 rings (SSSR count). The molecule has 1 N–H and O–H groups in total. The zero-order valence-electron chi connectivity index (χ0n) is 13.5. The third-order valence-corrected chi connectivity index (χ3v) is 3.82. The Morgan fingerprint density at radius 1 is 1.32 bits per heavy atom. The average molecular weight is 302 g/mol. The summed E-state index contributed by atoms with van der Waals surface area (Å²) in [7, 11) is 1.65. The molecule has 1 aromatic carbocycles. The molecule has 22 heavy (non-hydrogen) atoms. The van der Waals surface area contributed by atoms with Crippen molar-refractivity contribution >= 4 is 5.91 Å².